The fourth-order valence-electron chi connectivity index (χ4n) is 2.97. The van der Waals surface area contributed by atoms with Crippen molar-refractivity contribution in [2.24, 2.45) is 0 Å². The summed E-state index contributed by atoms with van der Waals surface area (Å²) in [5.74, 6) is -0.555. The molecule has 0 radical (unpaired) electrons. The second-order valence-corrected chi connectivity index (χ2v) is 7.57. The van der Waals surface area contributed by atoms with Crippen LogP contribution < -0.4 is 16.4 Å². The van der Waals surface area contributed by atoms with Crippen LogP contribution in [0.25, 0.3) is 10.4 Å². The number of methoxy groups -OCH3 is 1. The van der Waals surface area contributed by atoms with Crippen LogP contribution in [0.15, 0.2) is 60.0 Å². The van der Waals surface area contributed by atoms with Crippen LogP contribution in [0.3, 0.4) is 0 Å². The molecule has 0 spiro atoms. The summed E-state index contributed by atoms with van der Waals surface area (Å²) >= 11 is 1.62. The Morgan fingerprint density at radius 2 is 1.83 bits per heavy atom. The lowest BCUT2D eigenvalue weighted by Gasteiger charge is -2.26. The van der Waals surface area contributed by atoms with Crippen LogP contribution in [-0.2, 0) is 15.1 Å². The Bertz CT molecular complexity index is 1020. The van der Waals surface area contributed by atoms with Gasteiger partial charge in [0.2, 0.25) is 0 Å². The van der Waals surface area contributed by atoms with Gasteiger partial charge in [0.15, 0.2) is 5.60 Å². The fourth-order valence-corrected chi connectivity index (χ4v) is 3.70. The zero-order valence-corrected chi connectivity index (χ0v) is 17.3. The largest absolute Gasteiger partial charge is 0.397 e. The second kappa shape index (κ2) is 8.46. The zero-order valence-electron chi connectivity index (χ0n) is 16.5. The molecule has 29 heavy (non-hydrogen) atoms. The zero-order chi connectivity index (χ0) is 21.0. The van der Waals surface area contributed by atoms with Crippen molar-refractivity contribution in [1.82, 2.24) is 5.32 Å². The molecule has 1 aromatic heterocycles. The van der Waals surface area contributed by atoms with Gasteiger partial charge in [0.05, 0.1) is 11.4 Å². The number of nitrogen functional groups attached to an aromatic ring is 1. The molecular formula is C22H23N3O3S. The highest BCUT2D eigenvalue weighted by atomic mass is 32.1. The predicted octanol–water partition coefficient (Wildman–Crippen LogP) is 3.86. The third-order valence-corrected chi connectivity index (χ3v) is 5.79. The number of carbonyl (C=O) groups excluding carboxylic acids is 2. The first-order chi connectivity index (χ1) is 13.9. The minimum atomic E-state index is -1.14. The summed E-state index contributed by atoms with van der Waals surface area (Å²) in [5, 5.41) is 7.46. The molecule has 3 rings (SSSR count). The number of likely N-dealkylation sites (N-methyl/N-ethyl adjacent to an activating group) is 1. The van der Waals surface area contributed by atoms with Crippen molar-refractivity contribution in [1.29, 1.82) is 0 Å². The average molecular weight is 410 g/mol. The Kier molecular flexibility index (Phi) is 6.00. The van der Waals surface area contributed by atoms with Gasteiger partial charge in [-0.05, 0) is 53.8 Å². The van der Waals surface area contributed by atoms with Gasteiger partial charge in [0.1, 0.15) is 0 Å². The van der Waals surface area contributed by atoms with E-state index in [1.807, 2.05) is 29.6 Å². The molecule has 3 aromatic rings. The molecule has 6 nitrogen and oxygen atoms in total. The predicted molar refractivity (Wildman–Crippen MR) is 117 cm³/mol. The van der Waals surface area contributed by atoms with Crippen molar-refractivity contribution < 1.29 is 14.3 Å². The van der Waals surface area contributed by atoms with Crippen LogP contribution in [0.5, 0.6) is 0 Å². The molecular weight excluding hydrogens is 386 g/mol. The molecule has 0 saturated carbocycles. The number of nitrogens with one attached hydrogen (secondary N) is 2. The molecule has 1 atom stereocenters. The molecule has 4 N–H and O–H groups in total. The Balaban J connectivity index is 1.82. The number of anilines is 2. The van der Waals surface area contributed by atoms with E-state index in [-0.39, 0.29) is 11.8 Å². The standard InChI is InChI=1S/C22H23N3O3S/c1-22(28-3,21(27)24-2)16-9-6-14(7-10-16)20(26)25-18-13-15(8-11-17(18)23)19-5-4-12-29-19/h4-13H,23H2,1-3H3,(H,24,27)(H,25,26). The van der Waals surface area contributed by atoms with E-state index in [0.717, 1.165) is 10.4 Å². The first-order valence-corrected chi connectivity index (χ1v) is 9.89. The van der Waals surface area contributed by atoms with Gasteiger partial charge < -0.3 is 21.1 Å². The summed E-state index contributed by atoms with van der Waals surface area (Å²) in [4.78, 5) is 26.0. The maximum atomic E-state index is 12.7. The molecule has 0 bridgehead atoms. The summed E-state index contributed by atoms with van der Waals surface area (Å²) in [6, 6.07) is 16.3. The summed E-state index contributed by atoms with van der Waals surface area (Å²) in [7, 11) is 3.02. The molecule has 0 aliphatic rings. The Morgan fingerprint density at radius 1 is 1.10 bits per heavy atom. The topological polar surface area (TPSA) is 93.4 Å². The molecule has 0 aliphatic heterocycles. The highest BCUT2D eigenvalue weighted by Gasteiger charge is 2.34. The summed E-state index contributed by atoms with van der Waals surface area (Å²) < 4.78 is 5.41. The number of nitrogens with two attached hydrogens (primary N) is 1. The molecule has 150 valence electrons. The molecule has 2 amide bonds. The number of carbonyl (C=O) groups is 2. The molecule has 0 saturated heterocycles. The number of rotatable bonds is 6. The maximum absolute atomic E-state index is 12.7. The van der Waals surface area contributed by atoms with Crippen LogP contribution in [0.2, 0.25) is 0 Å². The van der Waals surface area contributed by atoms with Crippen molar-refractivity contribution in [3.05, 3.63) is 71.1 Å². The monoisotopic (exact) mass is 409 g/mol. The summed E-state index contributed by atoms with van der Waals surface area (Å²) in [5.41, 5.74) is 8.03. The van der Waals surface area contributed by atoms with E-state index in [1.165, 1.54) is 7.11 Å². The number of hydrogen-bond acceptors (Lipinski definition) is 5. The molecule has 7 heteroatoms. The van der Waals surface area contributed by atoms with Gasteiger partial charge >= 0.3 is 0 Å². The van der Waals surface area contributed by atoms with Gasteiger partial charge in [0, 0.05) is 24.6 Å². The van der Waals surface area contributed by atoms with E-state index < -0.39 is 5.60 Å². The molecule has 1 unspecified atom stereocenters. The number of benzene rings is 2. The molecule has 2 aromatic carbocycles. The first-order valence-electron chi connectivity index (χ1n) is 9.01. The second-order valence-electron chi connectivity index (χ2n) is 6.63. The summed E-state index contributed by atoms with van der Waals surface area (Å²) in [6.45, 7) is 1.68. The third kappa shape index (κ3) is 4.16. The van der Waals surface area contributed by atoms with E-state index in [2.05, 4.69) is 10.6 Å². The number of thiophene rings is 1. The quantitative estimate of drug-likeness (QED) is 0.539. The lowest BCUT2D eigenvalue weighted by Crippen LogP contribution is -2.42. The molecule has 0 aliphatic carbocycles. The van der Waals surface area contributed by atoms with E-state index in [9.17, 15) is 9.59 Å². The van der Waals surface area contributed by atoms with Crippen LogP contribution in [0.4, 0.5) is 11.4 Å². The lowest BCUT2D eigenvalue weighted by molar-refractivity contribution is -0.142. The molecule has 0 fully saturated rings. The van der Waals surface area contributed by atoms with Crippen LogP contribution in [0, 0.1) is 0 Å². The van der Waals surface area contributed by atoms with Gasteiger partial charge in [-0.3, -0.25) is 9.59 Å². The molecule has 1 heterocycles. The minimum absolute atomic E-state index is 0.268. The van der Waals surface area contributed by atoms with Gasteiger partial charge in [-0.25, -0.2) is 0 Å². The van der Waals surface area contributed by atoms with Gasteiger partial charge in [-0.15, -0.1) is 11.3 Å². The Morgan fingerprint density at radius 3 is 2.41 bits per heavy atom. The van der Waals surface area contributed by atoms with Gasteiger partial charge in [0.25, 0.3) is 11.8 Å². The SMILES string of the molecule is CNC(=O)C(C)(OC)c1ccc(C(=O)Nc2cc(-c3cccs3)ccc2N)cc1. The van der Waals surface area contributed by atoms with Crippen molar-refractivity contribution in [3.8, 4) is 10.4 Å². The highest BCUT2D eigenvalue weighted by Crippen LogP contribution is 2.31. The Labute approximate surface area is 173 Å². The normalized spacial score (nSPS) is 12.8. The minimum Gasteiger partial charge on any atom is -0.397 e. The lowest BCUT2D eigenvalue weighted by atomic mass is 9.93. The van der Waals surface area contributed by atoms with Gasteiger partial charge in [-0.1, -0.05) is 24.3 Å². The van der Waals surface area contributed by atoms with Crippen LogP contribution >= 0.6 is 11.3 Å². The van der Waals surface area contributed by atoms with Crippen molar-refractivity contribution in [3.63, 3.8) is 0 Å². The first kappa shape index (κ1) is 20.6. The van der Waals surface area contributed by atoms with E-state index >= 15 is 0 Å². The average Bonchev–Trinajstić information content (AvgIpc) is 3.29. The van der Waals surface area contributed by atoms with Gasteiger partial charge in [-0.2, -0.15) is 0 Å². The number of amides is 2. The highest BCUT2D eigenvalue weighted by molar-refractivity contribution is 7.13. The number of ether oxygens (including phenoxy) is 1. The van der Waals surface area contributed by atoms with E-state index in [1.54, 1.807) is 55.6 Å². The Hall–Kier alpha value is -3.16. The van der Waals surface area contributed by atoms with E-state index in [4.69, 9.17) is 10.5 Å². The van der Waals surface area contributed by atoms with Crippen molar-refractivity contribution in [2.75, 3.05) is 25.2 Å². The summed E-state index contributed by atoms with van der Waals surface area (Å²) in [6.07, 6.45) is 0. The van der Waals surface area contributed by atoms with Crippen molar-refractivity contribution in [2.45, 2.75) is 12.5 Å². The smallest absolute Gasteiger partial charge is 0.256 e. The number of hydrogen-bond donors (Lipinski definition) is 3. The van der Waals surface area contributed by atoms with Crippen molar-refractivity contribution >= 4 is 34.5 Å². The van der Waals surface area contributed by atoms with E-state index in [0.29, 0.717) is 22.5 Å². The maximum Gasteiger partial charge on any atom is 0.256 e. The fraction of sp³-hybridized carbons (Fsp3) is 0.182. The van der Waals surface area contributed by atoms with Crippen LogP contribution in [-0.4, -0.2) is 26.0 Å². The van der Waals surface area contributed by atoms with Crippen LogP contribution in [0.1, 0.15) is 22.8 Å². The third-order valence-electron chi connectivity index (χ3n) is 4.87.